The number of amides is 2. The lowest BCUT2D eigenvalue weighted by molar-refractivity contribution is -0.145. The summed E-state index contributed by atoms with van der Waals surface area (Å²) < 4.78 is 10.4. The van der Waals surface area contributed by atoms with Gasteiger partial charge in [0.25, 0.3) is 0 Å². The van der Waals surface area contributed by atoms with Crippen molar-refractivity contribution >= 4 is 18.0 Å². The van der Waals surface area contributed by atoms with Crippen LogP contribution in [-0.4, -0.2) is 55.5 Å². The molecular weight excluding hydrogens is 412 g/mol. The van der Waals surface area contributed by atoms with Gasteiger partial charge in [-0.3, -0.25) is 4.79 Å². The first-order valence-corrected chi connectivity index (χ1v) is 10.6. The summed E-state index contributed by atoms with van der Waals surface area (Å²) in [5.74, 6) is -1.60. The first-order valence-electron chi connectivity index (χ1n) is 10.6. The number of nitrogens with one attached hydrogen (secondary N) is 2. The van der Waals surface area contributed by atoms with Crippen LogP contribution >= 0.6 is 0 Å². The molecule has 0 aromatic heterocycles. The van der Waals surface area contributed by atoms with Crippen LogP contribution < -0.4 is 10.6 Å². The topological polar surface area (TPSA) is 114 Å². The minimum Gasteiger partial charge on any atom is -0.480 e. The van der Waals surface area contributed by atoms with Crippen molar-refractivity contribution in [3.8, 4) is 11.1 Å². The highest BCUT2D eigenvalue weighted by Gasteiger charge is 2.29. The molecule has 0 aliphatic heterocycles. The fraction of sp³-hybridized carbons (Fsp3) is 0.375. The second-order valence-corrected chi connectivity index (χ2v) is 7.68. The number of hydrogen-bond acceptors (Lipinski definition) is 5. The molecule has 0 radical (unpaired) electrons. The molecular formula is C24H28N2O6. The summed E-state index contributed by atoms with van der Waals surface area (Å²) in [6, 6.07) is 15.1. The molecule has 1 aliphatic carbocycles. The van der Waals surface area contributed by atoms with Crippen molar-refractivity contribution in [1.82, 2.24) is 10.6 Å². The zero-order valence-electron chi connectivity index (χ0n) is 18.2. The molecule has 32 heavy (non-hydrogen) atoms. The van der Waals surface area contributed by atoms with Gasteiger partial charge in [-0.15, -0.1) is 0 Å². The van der Waals surface area contributed by atoms with Gasteiger partial charge in [-0.2, -0.15) is 0 Å². The zero-order chi connectivity index (χ0) is 23.1. The Morgan fingerprint density at radius 1 is 1.03 bits per heavy atom. The van der Waals surface area contributed by atoms with Crippen LogP contribution in [0.25, 0.3) is 11.1 Å². The largest absolute Gasteiger partial charge is 0.480 e. The predicted molar refractivity (Wildman–Crippen MR) is 118 cm³/mol. The number of benzene rings is 2. The number of carbonyl (C=O) groups is 3. The predicted octanol–water partition coefficient (Wildman–Crippen LogP) is 2.91. The van der Waals surface area contributed by atoms with Crippen molar-refractivity contribution in [3.05, 3.63) is 59.7 Å². The van der Waals surface area contributed by atoms with Crippen molar-refractivity contribution in [1.29, 1.82) is 0 Å². The quantitative estimate of drug-likeness (QED) is 0.490. The molecule has 2 unspecified atom stereocenters. The Bertz CT molecular complexity index is 931. The number of aliphatic carboxylic acids is 1. The Kier molecular flexibility index (Phi) is 7.83. The summed E-state index contributed by atoms with van der Waals surface area (Å²) in [7, 11) is 1.38. The minimum atomic E-state index is -1.16. The maximum Gasteiger partial charge on any atom is 0.407 e. The summed E-state index contributed by atoms with van der Waals surface area (Å²) in [6.07, 6.45) is -0.785. The molecule has 8 heteroatoms. The molecule has 0 saturated carbocycles. The van der Waals surface area contributed by atoms with E-state index in [1.807, 2.05) is 24.3 Å². The van der Waals surface area contributed by atoms with Gasteiger partial charge < -0.3 is 25.2 Å². The standard InChI is InChI=1S/C24H28N2O6/c1-15(31-2)22(23(28)29)26-21(27)12-7-13-25-24(30)32-14-20-18-10-5-3-8-16(18)17-9-4-6-11-19(17)20/h3-6,8-11,15,20,22H,7,12-14H2,1-2H3,(H,25,30)(H,26,27)(H,28,29). The SMILES string of the molecule is COC(C)C(NC(=O)CCCNC(=O)OCC1c2ccccc2-c2ccccc21)C(=O)O. The van der Waals surface area contributed by atoms with Gasteiger partial charge in [0.1, 0.15) is 6.61 Å². The van der Waals surface area contributed by atoms with Crippen LogP contribution in [0.1, 0.15) is 36.8 Å². The summed E-state index contributed by atoms with van der Waals surface area (Å²) in [4.78, 5) is 35.3. The lowest BCUT2D eigenvalue weighted by Crippen LogP contribution is -2.48. The van der Waals surface area contributed by atoms with Gasteiger partial charge in [0.15, 0.2) is 6.04 Å². The molecule has 2 aromatic carbocycles. The second-order valence-electron chi connectivity index (χ2n) is 7.68. The van der Waals surface area contributed by atoms with Gasteiger partial charge in [-0.05, 0) is 35.6 Å². The number of alkyl carbamates (subject to hydrolysis) is 1. The van der Waals surface area contributed by atoms with E-state index >= 15 is 0 Å². The lowest BCUT2D eigenvalue weighted by Gasteiger charge is -2.20. The first kappa shape index (κ1) is 23.3. The van der Waals surface area contributed by atoms with Gasteiger partial charge in [0, 0.05) is 26.0 Å². The number of fused-ring (bicyclic) bond motifs is 3. The smallest absolute Gasteiger partial charge is 0.407 e. The van der Waals surface area contributed by atoms with E-state index in [4.69, 9.17) is 9.47 Å². The highest BCUT2D eigenvalue weighted by Crippen LogP contribution is 2.44. The van der Waals surface area contributed by atoms with Crippen molar-refractivity contribution in [2.24, 2.45) is 0 Å². The Morgan fingerprint density at radius 3 is 2.19 bits per heavy atom. The van der Waals surface area contributed by atoms with Crippen molar-refractivity contribution < 1.29 is 29.0 Å². The third kappa shape index (κ3) is 5.45. The number of ether oxygens (including phenoxy) is 2. The number of carboxylic acid groups (broad SMARTS) is 1. The van der Waals surface area contributed by atoms with Crippen molar-refractivity contribution in [3.63, 3.8) is 0 Å². The van der Waals surface area contributed by atoms with Crippen LogP contribution in [0, 0.1) is 0 Å². The van der Waals surface area contributed by atoms with Crippen molar-refractivity contribution in [2.75, 3.05) is 20.3 Å². The number of methoxy groups -OCH3 is 1. The van der Waals surface area contributed by atoms with E-state index < -0.39 is 30.1 Å². The molecule has 0 spiro atoms. The van der Waals surface area contributed by atoms with Crippen LogP contribution in [0.3, 0.4) is 0 Å². The molecule has 2 amide bonds. The summed E-state index contributed by atoms with van der Waals surface area (Å²) in [6.45, 7) is 2.02. The van der Waals surface area contributed by atoms with Crippen LogP contribution in [-0.2, 0) is 19.1 Å². The molecule has 3 N–H and O–H groups in total. The molecule has 0 bridgehead atoms. The van der Waals surface area contributed by atoms with E-state index in [9.17, 15) is 19.5 Å². The highest BCUT2D eigenvalue weighted by atomic mass is 16.5. The minimum absolute atomic E-state index is 0.0188. The number of hydrogen-bond donors (Lipinski definition) is 3. The normalized spacial score (nSPS) is 14.1. The van der Waals surface area contributed by atoms with E-state index in [0.29, 0.717) is 6.42 Å². The lowest BCUT2D eigenvalue weighted by atomic mass is 9.98. The van der Waals surface area contributed by atoms with Crippen LogP contribution in [0.5, 0.6) is 0 Å². The maximum atomic E-state index is 12.1. The Labute approximate surface area is 186 Å². The van der Waals surface area contributed by atoms with Gasteiger partial charge in [0.2, 0.25) is 5.91 Å². The van der Waals surface area contributed by atoms with Gasteiger partial charge in [-0.25, -0.2) is 9.59 Å². The third-order valence-corrected chi connectivity index (χ3v) is 5.62. The van der Waals surface area contributed by atoms with Crippen molar-refractivity contribution in [2.45, 2.75) is 37.8 Å². The van der Waals surface area contributed by atoms with Gasteiger partial charge in [0.05, 0.1) is 6.10 Å². The molecule has 170 valence electrons. The molecule has 0 saturated heterocycles. The summed E-state index contributed by atoms with van der Waals surface area (Å²) in [5, 5.41) is 14.2. The van der Waals surface area contributed by atoms with Gasteiger partial charge in [-0.1, -0.05) is 48.5 Å². The number of carboxylic acids is 1. The molecule has 3 rings (SSSR count). The van der Waals surface area contributed by atoms with Crippen LogP contribution in [0.2, 0.25) is 0 Å². The van der Waals surface area contributed by atoms with Crippen LogP contribution in [0.15, 0.2) is 48.5 Å². The summed E-state index contributed by atoms with van der Waals surface area (Å²) >= 11 is 0. The average molecular weight is 440 g/mol. The molecule has 0 fully saturated rings. The van der Waals surface area contributed by atoms with Gasteiger partial charge >= 0.3 is 12.1 Å². The van der Waals surface area contributed by atoms with E-state index in [2.05, 4.69) is 34.9 Å². The molecule has 8 nitrogen and oxygen atoms in total. The molecule has 0 heterocycles. The number of rotatable bonds is 10. The Morgan fingerprint density at radius 2 is 1.62 bits per heavy atom. The van der Waals surface area contributed by atoms with E-state index in [0.717, 1.165) is 22.3 Å². The third-order valence-electron chi connectivity index (χ3n) is 5.62. The van der Waals surface area contributed by atoms with E-state index in [-0.39, 0.29) is 25.5 Å². The fourth-order valence-electron chi connectivity index (χ4n) is 3.85. The van der Waals surface area contributed by atoms with E-state index in [1.165, 1.54) is 7.11 Å². The first-order chi connectivity index (χ1) is 15.4. The second kappa shape index (κ2) is 10.8. The monoisotopic (exact) mass is 440 g/mol. The van der Waals surface area contributed by atoms with Crippen LogP contribution in [0.4, 0.5) is 4.79 Å². The fourth-order valence-corrected chi connectivity index (χ4v) is 3.85. The Balaban J connectivity index is 1.43. The number of carbonyl (C=O) groups excluding carboxylic acids is 2. The highest BCUT2D eigenvalue weighted by molar-refractivity contribution is 5.84. The molecule has 2 atom stereocenters. The Hall–Kier alpha value is -3.39. The van der Waals surface area contributed by atoms with E-state index in [1.54, 1.807) is 6.92 Å². The maximum absolute atomic E-state index is 12.1. The molecule has 2 aromatic rings. The average Bonchev–Trinajstić information content (AvgIpc) is 3.12. The summed E-state index contributed by atoms with van der Waals surface area (Å²) in [5.41, 5.74) is 4.59. The molecule has 1 aliphatic rings. The zero-order valence-corrected chi connectivity index (χ0v) is 18.2.